The number of aliphatic hydroxyl groups is 1. The standard InChI is InChI=1S/C15H20O4/c1-18-10-11-19-14-5-3-2-4-13(14)15(17)8-6-12(16)7-9-15/h2-5,17H,6-11H2,1H3. The van der Waals surface area contributed by atoms with E-state index in [1.807, 2.05) is 24.3 Å². The number of benzene rings is 1. The van der Waals surface area contributed by atoms with Gasteiger partial charge in [0.25, 0.3) is 0 Å². The number of Topliss-reactive ketones (excluding diaryl/α,β-unsaturated/α-hetero) is 1. The summed E-state index contributed by atoms with van der Waals surface area (Å²) in [7, 11) is 1.62. The molecular weight excluding hydrogens is 244 g/mol. The molecular formula is C15H20O4. The van der Waals surface area contributed by atoms with E-state index in [-0.39, 0.29) is 5.78 Å². The van der Waals surface area contributed by atoms with Crippen LogP contribution in [0.1, 0.15) is 31.2 Å². The lowest BCUT2D eigenvalue weighted by Gasteiger charge is -2.33. The second-order valence-electron chi connectivity index (χ2n) is 4.91. The molecule has 0 radical (unpaired) electrons. The van der Waals surface area contributed by atoms with Gasteiger partial charge < -0.3 is 14.6 Å². The van der Waals surface area contributed by atoms with Gasteiger partial charge in [-0.3, -0.25) is 4.79 Å². The van der Waals surface area contributed by atoms with Crippen LogP contribution >= 0.6 is 0 Å². The van der Waals surface area contributed by atoms with Crippen molar-refractivity contribution in [2.24, 2.45) is 0 Å². The highest BCUT2D eigenvalue weighted by atomic mass is 16.5. The van der Waals surface area contributed by atoms with Crippen LogP contribution in [0.4, 0.5) is 0 Å². The average Bonchev–Trinajstić information content (AvgIpc) is 2.43. The molecule has 0 saturated heterocycles. The van der Waals surface area contributed by atoms with Crippen molar-refractivity contribution in [1.29, 1.82) is 0 Å². The minimum absolute atomic E-state index is 0.224. The smallest absolute Gasteiger partial charge is 0.133 e. The predicted octanol–water partition coefficient (Wildman–Crippen LogP) is 2.04. The highest BCUT2D eigenvalue weighted by Crippen LogP contribution is 2.40. The molecule has 1 aromatic carbocycles. The van der Waals surface area contributed by atoms with Crippen LogP contribution < -0.4 is 4.74 Å². The molecule has 1 N–H and O–H groups in total. The van der Waals surface area contributed by atoms with Crippen molar-refractivity contribution in [3.63, 3.8) is 0 Å². The van der Waals surface area contributed by atoms with Gasteiger partial charge in [-0.2, -0.15) is 0 Å². The summed E-state index contributed by atoms with van der Waals surface area (Å²) in [6, 6.07) is 7.48. The Balaban J connectivity index is 2.16. The third kappa shape index (κ3) is 3.33. The molecule has 104 valence electrons. The molecule has 4 nitrogen and oxygen atoms in total. The molecule has 2 rings (SSSR count). The molecule has 0 aliphatic heterocycles. The maximum Gasteiger partial charge on any atom is 0.133 e. The summed E-state index contributed by atoms with van der Waals surface area (Å²) in [4.78, 5) is 11.3. The molecule has 1 fully saturated rings. The van der Waals surface area contributed by atoms with E-state index in [1.54, 1.807) is 7.11 Å². The molecule has 1 aliphatic carbocycles. The van der Waals surface area contributed by atoms with Crippen LogP contribution in [0, 0.1) is 0 Å². The Bertz CT molecular complexity index is 432. The number of rotatable bonds is 5. The zero-order valence-corrected chi connectivity index (χ0v) is 11.2. The van der Waals surface area contributed by atoms with E-state index in [1.165, 1.54) is 0 Å². The minimum atomic E-state index is -0.947. The van der Waals surface area contributed by atoms with Gasteiger partial charge in [-0.1, -0.05) is 18.2 Å². The SMILES string of the molecule is COCCOc1ccccc1C1(O)CCC(=O)CC1. The molecule has 0 spiro atoms. The summed E-state index contributed by atoms with van der Waals surface area (Å²) < 4.78 is 10.6. The molecule has 0 heterocycles. The van der Waals surface area contributed by atoms with Gasteiger partial charge in [0.2, 0.25) is 0 Å². The fourth-order valence-corrected chi connectivity index (χ4v) is 2.42. The highest BCUT2D eigenvalue weighted by molar-refractivity contribution is 5.79. The first kappa shape index (κ1) is 14.0. The Kier molecular flexibility index (Phi) is 4.56. The second kappa shape index (κ2) is 6.17. The average molecular weight is 264 g/mol. The Hall–Kier alpha value is -1.39. The molecule has 0 atom stereocenters. The molecule has 0 aromatic heterocycles. The first-order valence-corrected chi connectivity index (χ1v) is 6.61. The van der Waals surface area contributed by atoms with Crippen LogP contribution in [-0.2, 0) is 15.1 Å². The van der Waals surface area contributed by atoms with Crippen molar-refractivity contribution in [3.8, 4) is 5.75 Å². The molecule has 0 bridgehead atoms. The second-order valence-corrected chi connectivity index (χ2v) is 4.91. The maximum atomic E-state index is 11.3. The van der Waals surface area contributed by atoms with Gasteiger partial charge in [0.15, 0.2) is 0 Å². The van der Waals surface area contributed by atoms with E-state index in [2.05, 4.69) is 0 Å². The Labute approximate surface area is 113 Å². The number of hydrogen-bond acceptors (Lipinski definition) is 4. The molecule has 4 heteroatoms. The third-order valence-corrected chi connectivity index (χ3v) is 3.57. The fraction of sp³-hybridized carbons (Fsp3) is 0.533. The van der Waals surface area contributed by atoms with Crippen LogP contribution in [-0.4, -0.2) is 31.2 Å². The summed E-state index contributed by atoms with van der Waals surface area (Å²) in [5.41, 5.74) is -0.170. The zero-order valence-electron chi connectivity index (χ0n) is 11.2. The van der Waals surface area contributed by atoms with Crippen molar-refractivity contribution in [1.82, 2.24) is 0 Å². The molecule has 1 saturated carbocycles. The summed E-state index contributed by atoms with van der Waals surface area (Å²) in [5, 5.41) is 10.7. The number of hydrogen-bond donors (Lipinski definition) is 1. The zero-order chi connectivity index (χ0) is 13.7. The van der Waals surface area contributed by atoms with Gasteiger partial charge in [0, 0.05) is 25.5 Å². The lowest BCUT2D eigenvalue weighted by atomic mass is 9.79. The first-order chi connectivity index (χ1) is 9.15. The van der Waals surface area contributed by atoms with Gasteiger partial charge in [-0.25, -0.2) is 0 Å². The van der Waals surface area contributed by atoms with Crippen LogP contribution in [0.2, 0.25) is 0 Å². The Morgan fingerprint density at radius 3 is 2.58 bits per heavy atom. The maximum absolute atomic E-state index is 11.3. The Morgan fingerprint density at radius 1 is 1.21 bits per heavy atom. The van der Waals surface area contributed by atoms with Crippen molar-refractivity contribution < 1.29 is 19.4 Å². The number of carbonyl (C=O) groups is 1. The molecule has 0 unspecified atom stereocenters. The summed E-state index contributed by atoms with van der Waals surface area (Å²) >= 11 is 0. The largest absolute Gasteiger partial charge is 0.491 e. The van der Waals surface area contributed by atoms with Crippen molar-refractivity contribution in [3.05, 3.63) is 29.8 Å². The summed E-state index contributed by atoms with van der Waals surface area (Å²) in [6.07, 6.45) is 1.80. The van der Waals surface area contributed by atoms with E-state index in [9.17, 15) is 9.90 Å². The molecule has 0 amide bonds. The predicted molar refractivity (Wildman–Crippen MR) is 71.2 cm³/mol. The summed E-state index contributed by atoms with van der Waals surface area (Å²) in [5.74, 6) is 0.902. The Morgan fingerprint density at radius 2 is 1.89 bits per heavy atom. The third-order valence-electron chi connectivity index (χ3n) is 3.57. The van der Waals surface area contributed by atoms with E-state index in [0.29, 0.717) is 44.6 Å². The monoisotopic (exact) mass is 264 g/mol. The molecule has 1 aromatic rings. The van der Waals surface area contributed by atoms with Crippen LogP contribution in [0.3, 0.4) is 0 Å². The van der Waals surface area contributed by atoms with Gasteiger partial charge in [-0.05, 0) is 18.9 Å². The van der Waals surface area contributed by atoms with E-state index in [0.717, 1.165) is 5.56 Å². The topological polar surface area (TPSA) is 55.8 Å². The number of methoxy groups -OCH3 is 1. The van der Waals surface area contributed by atoms with Crippen molar-refractivity contribution in [2.45, 2.75) is 31.3 Å². The van der Waals surface area contributed by atoms with Crippen molar-refractivity contribution in [2.75, 3.05) is 20.3 Å². The van der Waals surface area contributed by atoms with Gasteiger partial charge in [0.1, 0.15) is 18.1 Å². The normalized spacial score (nSPS) is 18.3. The number of carbonyl (C=O) groups excluding carboxylic acids is 1. The van der Waals surface area contributed by atoms with E-state index >= 15 is 0 Å². The van der Waals surface area contributed by atoms with Crippen molar-refractivity contribution >= 4 is 5.78 Å². The van der Waals surface area contributed by atoms with Gasteiger partial charge in [-0.15, -0.1) is 0 Å². The lowest BCUT2D eigenvalue weighted by molar-refractivity contribution is -0.125. The van der Waals surface area contributed by atoms with Gasteiger partial charge in [0.05, 0.1) is 12.2 Å². The first-order valence-electron chi connectivity index (χ1n) is 6.61. The number of para-hydroxylation sites is 1. The quantitative estimate of drug-likeness (QED) is 0.827. The van der Waals surface area contributed by atoms with Crippen LogP contribution in [0.15, 0.2) is 24.3 Å². The van der Waals surface area contributed by atoms with E-state index in [4.69, 9.17) is 9.47 Å². The molecule has 1 aliphatic rings. The molecule has 19 heavy (non-hydrogen) atoms. The number of ketones is 1. The van der Waals surface area contributed by atoms with Crippen LogP contribution in [0.25, 0.3) is 0 Å². The highest BCUT2D eigenvalue weighted by Gasteiger charge is 2.36. The lowest BCUT2D eigenvalue weighted by Crippen LogP contribution is -2.32. The minimum Gasteiger partial charge on any atom is -0.491 e. The van der Waals surface area contributed by atoms with Crippen LogP contribution in [0.5, 0.6) is 5.75 Å². The number of ether oxygens (including phenoxy) is 2. The van der Waals surface area contributed by atoms with E-state index < -0.39 is 5.60 Å². The fourth-order valence-electron chi connectivity index (χ4n) is 2.42. The van der Waals surface area contributed by atoms with Gasteiger partial charge >= 0.3 is 0 Å². The summed E-state index contributed by atoms with van der Waals surface area (Å²) in [6.45, 7) is 0.952.